The Kier molecular flexibility index (Phi) is 3.33. The van der Waals surface area contributed by atoms with E-state index < -0.39 is 18.5 Å². The third kappa shape index (κ3) is 2.35. The van der Waals surface area contributed by atoms with Gasteiger partial charge in [0.15, 0.2) is 6.29 Å². The minimum atomic E-state index is -0.755. The third-order valence-corrected chi connectivity index (χ3v) is 2.40. The molecule has 4 nitrogen and oxygen atoms in total. The zero-order valence-corrected chi connectivity index (χ0v) is 8.24. The lowest BCUT2D eigenvalue weighted by Crippen LogP contribution is -2.42. The lowest BCUT2D eigenvalue weighted by atomic mass is 10.1. The standard InChI is InChI=1S/C11H14O4/c12-6-10-9(13)7-14-11(15-10)8-4-2-1-3-5-8/h1-5,9-13H,6-7H2/t9-,10-,11-/m1/s1. The van der Waals surface area contributed by atoms with Crippen molar-refractivity contribution in [2.24, 2.45) is 0 Å². The first-order valence-electron chi connectivity index (χ1n) is 4.92. The van der Waals surface area contributed by atoms with E-state index in [0.29, 0.717) is 0 Å². The molecule has 1 aromatic rings. The average Bonchev–Trinajstić information content (AvgIpc) is 2.31. The number of hydrogen-bond donors (Lipinski definition) is 2. The van der Waals surface area contributed by atoms with Gasteiger partial charge in [0.2, 0.25) is 0 Å². The highest BCUT2D eigenvalue weighted by Gasteiger charge is 2.30. The van der Waals surface area contributed by atoms with Crippen LogP contribution in [0.4, 0.5) is 0 Å². The summed E-state index contributed by atoms with van der Waals surface area (Å²) in [6.07, 6.45) is -1.81. The molecule has 1 fully saturated rings. The number of rotatable bonds is 2. The van der Waals surface area contributed by atoms with Crippen LogP contribution in [0.2, 0.25) is 0 Å². The first-order chi connectivity index (χ1) is 7.31. The van der Waals surface area contributed by atoms with Crippen molar-refractivity contribution in [3.8, 4) is 0 Å². The fourth-order valence-corrected chi connectivity index (χ4v) is 1.53. The number of ether oxygens (including phenoxy) is 2. The summed E-state index contributed by atoms with van der Waals surface area (Å²) in [6.45, 7) is -0.0152. The van der Waals surface area contributed by atoms with Crippen molar-refractivity contribution in [3.05, 3.63) is 35.9 Å². The van der Waals surface area contributed by atoms with Crippen LogP contribution < -0.4 is 0 Å². The van der Waals surface area contributed by atoms with Crippen molar-refractivity contribution >= 4 is 0 Å². The molecule has 1 aliphatic rings. The van der Waals surface area contributed by atoms with E-state index in [0.717, 1.165) is 5.56 Å². The first kappa shape index (κ1) is 10.6. The molecule has 1 aromatic carbocycles. The maximum atomic E-state index is 9.42. The Morgan fingerprint density at radius 2 is 2.00 bits per heavy atom. The van der Waals surface area contributed by atoms with Crippen LogP contribution in [0, 0.1) is 0 Å². The smallest absolute Gasteiger partial charge is 0.184 e. The van der Waals surface area contributed by atoms with Crippen LogP contribution in [0.25, 0.3) is 0 Å². The molecular weight excluding hydrogens is 196 g/mol. The summed E-state index contributed by atoms with van der Waals surface area (Å²) in [6, 6.07) is 9.46. The fourth-order valence-electron chi connectivity index (χ4n) is 1.53. The molecule has 4 heteroatoms. The molecule has 15 heavy (non-hydrogen) atoms. The summed E-state index contributed by atoms with van der Waals surface area (Å²) in [5.74, 6) is 0. The summed E-state index contributed by atoms with van der Waals surface area (Å²) in [5.41, 5.74) is 0.892. The molecular formula is C11H14O4. The van der Waals surface area contributed by atoms with Crippen molar-refractivity contribution in [3.63, 3.8) is 0 Å². The van der Waals surface area contributed by atoms with Crippen molar-refractivity contribution in [1.82, 2.24) is 0 Å². The summed E-state index contributed by atoms with van der Waals surface area (Å²) in [5, 5.41) is 18.4. The van der Waals surface area contributed by atoms with Gasteiger partial charge in [-0.3, -0.25) is 0 Å². The molecule has 0 spiro atoms. The van der Waals surface area contributed by atoms with Crippen LogP contribution in [0.15, 0.2) is 30.3 Å². The van der Waals surface area contributed by atoms with E-state index in [2.05, 4.69) is 0 Å². The summed E-state index contributed by atoms with van der Waals surface area (Å²) < 4.78 is 10.7. The lowest BCUT2D eigenvalue weighted by molar-refractivity contribution is -0.263. The first-order valence-corrected chi connectivity index (χ1v) is 4.92. The predicted octanol–water partition coefficient (Wildman–Crippen LogP) is 0.454. The van der Waals surface area contributed by atoms with Gasteiger partial charge in [0.1, 0.15) is 12.2 Å². The van der Waals surface area contributed by atoms with Gasteiger partial charge in [-0.05, 0) is 0 Å². The molecule has 2 rings (SSSR count). The second-order valence-corrected chi connectivity index (χ2v) is 3.50. The Morgan fingerprint density at radius 1 is 1.27 bits per heavy atom. The number of benzene rings is 1. The van der Waals surface area contributed by atoms with E-state index in [1.54, 1.807) is 0 Å². The van der Waals surface area contributed by atoms with Crippen molar-refractivity contribution in [1.29, 1.82) is 0 Å². The molecule has 0 unspecified atom stereocenters. The molecule has 0 amide bonds. The normalized spacial score (nSPS) is 31.5. The average molecular weight is 210 g/mol. The van der Waals surface area contributed by atoms with Gasteiger partial charge in [-0.25, -0.2) is 0 Å². The predicted molar refractivity (Wildman–Crippen MR) is 53.1 cm³/mol. The van der Waals surface area contributed by atoms with Crippen molar-refractivity contribution in [2.45, 2.75) is 18.5 Å². The molecule has 1 heterocycles. The topological polar surface area (TPSA) is 58.9 Å². The molecule has 1 aliphatic heterocycles. The lowest BCUT2D eigenvalue weighted by Gasteiger charge is -2.33. The minimum Gasteiger partial charge on any atom is -0.394 e. The second-order valence-electron chi connectivity index (χ2n) is 3.50. The van der Waals surface area contributed by atoms with Gasteiger partial charge < -0.3 is 19.7 Å². The van der Waals surface area contributed by atoms with Crippen LogP contribution in [-0.4, -0.2) is 35.6 Å². The van der Waals surface area contributed by atoms with E-state index >= 15 is 0 Å². The van der Waals surface area contributed by atoms with Gasteiger partial charge >= 0.3 is 0 Å². The highest BCUT2D eigenvalue weighted by atomic mass is 16.7. The number of aliphatic hydroxyl groups is 2. The summed E-state index contributed by atoms with van der Waals surface area (Å²) in [4.78, 5) is 0. The zero-order chi connectivity index (χ0) is 10.7. The number of hydrogen-bond acceptors (Lipinski definition) is 4. The van der Waals surface area contributed by atoms with Gasteiger partial charge in [0.25, 0.3) is 0 Å². The van der Waals surface area contributed by atoms with Gasteiger partial charge in [-0.15, -0.1) is 0 Å². The summed E-state index contributed by atoms with van der Waals surface area (Å²) >= 11 is 0. The van der Waals surface area contributed by atoms with Crippen LogP contribution in [0.3, 0.4) is 0 Å². The quantitative estimate of drug-likeness (QED) is 0.744. The van der Waals surface area contributed by atoms with Crippen molar-refractivity contribution in [2.75, 3.05) is 13.2 Å². The van der Waals surface area contributed by atoms with Crippen LogP contribution >= 0.6 is 0 Å². The molecule has 0 radical (unpaired) electrons. The molecule has 2 N–H and O–H groups in total. The highest BCUT2D eigenvalue weighted by molar-refractivity contribution is 5.16. The Morgan fingerprint density at radius 3 is 2.67 bits per heavy atom. The second kappa shape index (κ2) is 4.72. The van der Waals surface area contributed by atoms with Crippen LogP contribution in [0.1, 0.15) is 11.9 Å². The maximum absolute atomic E-state index is 9.42. The van der Waals surface area contributed by atoms with Gasteiger partial charge in [0.05, 0.1) is 13.2 Å². The van der Waals surface area contributed by atoms with E-state index in [4.69, 9.17) is 14.6 Å². The van der Waals surface area contributed by atoms with Gasteiger partial charge in [-0.1, -0.05) is 30.3 Å². The van der Waals surface area contributed by atoms with Gasteiger partial charge in [0, 0.05) is 5.56 Å². The fraction of sp³-hybridized carbons (Fsp3) is 0.455. The molecule has 3 atom stereocenters. The van der Waals surface area contributed by atoms with Crippen LogP contribution in [-0.2, 0) is 9.47 Å². The molecule has 0 aliphatic carbocycles. The Balaban J connectivity index is 2.06. The highest BCUT2D eigenvalue weighted by Crippen LogP contribution is 2.25. The molecule has 1 saturated heterocycles. The van der Waals surface area contributed by atoms with Crippen LogP contribution in [0.5, 0.6) is 0 Å². The monoisotopic (exact) mass is 210 g/mol. The van der Waals surface area contributed by atoms with E-state index in [1.165, 1.54) is 0 Å². The molecule has 82 valence electrons. The van der Waals surface area contributed by atoms with Crippen molar-refractivity contribution < 1.29 is 19.7 Å². The van der Waals surface area contributed by atoms with E-state index in [9.17, 15) is 5.11 Å². The maximum Gasteiger partial charge on any atom is 0.184 e. The Bertz CT molecular complexity index is 301. The van der Waals surface area contributed by atoms with Gasteiger partial charge in [-0.2, -0.15) is 0 Å². The SMILES string of the molecule is OC[C@H]1O[C@H](c2ccccc2)OC[C@H]1O. The Hall–Kier alpha value is -0.940. The molecule has 0 aromatic heterocycles. The third-order valence-electron chi connectivity index (χ3n) is 2.40. The largest absolute Gasteiger partial charge is 0.394 e. The summed E-state index contributed by atoms with van der Waals surface area (Å²) in [7, 11) is 0. The zero-order valence-electron chi connectivity index (χ0n) is 8.24. The minimum absolute atomic E-state index is 0.185. The molecule has 0 bridgehead atoms. The Labute approximate surface area is 88.1 Å². The number of aliphatic hydroxyl groups excluding tert-OH is 2. The molecule has 0 saturated carbocycles. The van der Waals surface area contributed by atoms with E-state index in [-0.39, 0.29) is 13.2 Å². The van der Waals surface area contributed by atoms with E-state index in [1.807, 2.05) is 30.3 Å².